The van der Waals surface area contributed by atoms with Crippen molar-refractivity contribution in [3.63, 3.8) is 0 Å². The van der Waals surface area contributed by atoms with Gasteiger partial charge in [-0.1, -0.05) is 80.4 Å². The average Bonchev–Trinajstić information content (AvgIpc) is 3.52. The summed E-state index contributed by atoms with van der Waals surface area (Å²) in [6.07, 6.45) is 4.32. The number of nitrogens with zero attached hydrogens (tertiary/aromatic N) is 2. The lowest BCUT2D eigenvalue weighted by atomic mass is 9.91. The van der Waals surface area contributed by atoms with Crippen LogP contribution in [0.1, 0.15) is 61.5 Å². The van der Waals surface area contributed by atoms with Crippen molar-refractivity contribution in [2.75, 3.05) is 6.54 Å². The highest BCUT2D eigenvalue weighted by molar-refractivity contribution is 6.00. The zero-order valence-corrected chi connectivity index (χ0v) is 20.0. The third-order valence-corrected chi connectivity index (χ3v) is 7.58. The first-order valence-corrected chi connectivity index (χ1v) is 12.4. The van der Waals surface area contributed by atoms with Crippen LogP contribution < -0.4 is 5.32 Å². The van der Waals surface area contributed by atoms with E-state index in [1.54, 1.807) is 0 Å². The molecule has 1 saturated carbocycles. The largest absolute Gasteiger partial charge is 0.351 e. The van der Waals surface area contributed by atoms with Gasteiger partial charge < -0.3 is 14.8 Å². The molecule has 2 atom stereocenters. The first-order chi connectivity index (χ1) is 16.5. The van der Waals surface area contributed by atoms with E-state index in [1.807, 2.05) is 77.1 Å². The number of carbonyl (C=O) groups excluding carboxylic acids is 2. The topological polar surface area (TPSA) is 54.3 Å². The predicted molar refractivity (Wildman–Crippen MR) is 135 cm³/mol. The molecule has 1 N–H and O–H groups in total. The van der Waals surface area contributed by atoms with Crippen molar-refractivity contribution < 1.29 is 9.59 Å². The first-order valence-electron chi connectivity index (χ1n) is 12.4. The Morgan fingerprint density at radius 2 is 1.59 bits per heavy atom. The zero-order valence-electron chi connectivity index (χ0n) is 20.0. The van der Waals surface area contributed by atoms with Crippen LogP contribution in [0.2, 0.25) is 0 Å². The fourth-order valence-electron chi connectivity index (χ4n) is 5.49. The number of benzene rings is 2. The number of amides is 2. The molecule has 2 aliphatic rings. The quantitative estimate of drug-likeness (QED) is 0.553. The Balaban J connectivity index is 1.52. The standard InChI is InChI=1S/C29H33N3O2/c1-21(22-11-5-3-6-12-22)19-32-27(33)26-18-17-25(23-13-7-4-8-14-23)31(26)20-29(32,2)28(34)30-24-15-9-10-16-24/h3-8,11-14,17-18,21,24H,9-10,15-16,19-20H2,1-2H3,(H,30,34)/t21-,29+/m1/s1. The Morgan fingerprint density at radius 3 is 2.26 bits per heavy atom. The molecule has 0 bridgehead atoms. The van der Waals surface area contributed by atoms with E-state index in [9.17, 15) is 9.59 Å². The maximum absolute atomic E-state index is 13.9. The summed E-state index contributed by atoms with van der Waals surface area (Å²) in [4.78, 5) is 29.5. The molecule has 34 heavy (non-hydrogen) atoms. The Morgan fingerprint density at radius 1 is 0.971 bits per heavy atom. The van der Waals surface area contributed by atoms with Crippen LogP contribution in [0.5, 0.6) is 0 Å². The molecule has 1 aromatic heterocycles. The van der Waals surface area contributed by atoms with Crippen LogP contribution in [0, 0.1) is 0 Å². The van der Waals surface area contributed by atoms with Crippen molar-refractivity contribution in [1.82, 2.24) is 14.8 Å². The summed E-state index contributed by atoms with van der Waals surface area (Å²) in [5.41, 5.74) is 2.86. The van der Waals surface area contributed by atoms with Crippen LogP contribution in [0.25, 0.3) is 11.3 Å². The molecule has 1 aliphatic carbocycles. The van der Waals surface area contributed by atoms with Gasteiger partial charge in [0.1, 0.15) is 11.2 Å². The second-order valence-corrected chi connectivity index (χ2v) is 10.0. The van der Waals surface area contributed by atoms with E-state index in [1.165, 1.54) is 5.56 Å². The molecule has 2 aromatic carbocycles. The molecule has 0 radical (unpaired) electrons. The lowest BCUT2D eigenvalue weighted by Crippen LogP contribution is -2.65. The Kier molecular flexibility index (Phi) is 6.03. The maximum Gasteiger partial charge on any atom is 0.271 e. The normalized spacial score (nSPS) is 21.4. The average molecular weight is 456 g/mol. The molecule has 5 rings (SSSR count). The highest BCUT2D eigenvalue weighted by atomic mass is 16.2. The molecule has 0 saturated heterocycles. The number of carbonyl (C=O) groups is 2. The number of hydrogen-bond acceptors (Lipinski definition) is 2. The lowest BCUT2D eigenvalue weighted by molar-refractivity contribution is -0.133. The van der Waals surface area contributed by atoms with E-state index in [4.69, 9.17) is 0 Å². The minimum Gasteiger partial charge on any atom is -0.351 e. The Bertz CT molecular complexity index is 1160. The van der Waals surface area contributed by atoms with E-state index in [0.717, 1.165) is 36.9 Å². The van der Waals surface area contributed by atoms with Crippen molar-refractivity contribution in [2.45, 2.75) is 63.6 Å². The Labute approximate surface area is 201 Å². The summed E-state index contributed by atoms with van der Waals surface area (Å²) >= 11 is 0. The summed E-state index contributed by atoms with van der Waals surface area (Å²) in [5.74, 6) is -0.0227. The van der Waals surface area contributed by atoms with Gasteiger partial charge >= 0.3 is 0 Å². The molecule has 2 heterocycles. The summed E-state index contributed by atoms with van der Waals surface area (Å²) in [6.45, 7) is 4.99. The zero-order chi connectivity index (χ0) is 23.7. The van der Waals surface area contributed by atoms with Crippen LogP contribution in [0.15, 0.2) is 72.8 Å². The lowest BCUT2D eigenvalue weighted by Gasteiger charge is -2.45. The number of fused-ring (bicyclic) bond motifs is 1. The number of aromatic nitrogens is 1. The van der Waals surface area contributed by atoms with E-state index in [-0.39, 0.29) is 23.8 Å². The number of hydrogen-bond donors (Lipinski definition) is 1. The monoisotopic (exact) mass is 455 g/mol. The second kappa shape index (κ2) is 9.13. The van der Waals surface area contributed by atoms with Gasteiger partial charge in [0.2, 0.25) is 5.91 Å². The van der Waals surface area contributed by atoms with Crippen molar-refractivity contribution in [3.05, 3.63) is 84.1 Å². The van der Waals surface area contributed by atoms with E-state index in [2.05, 4.69) is 24.4 Å². The Hall–Kier alpha value is -3.34. The molecule has 5 heteroatoms. The van der Waals surface area contributed by atoms with Crippen LogP contribution in [0.4, 0.5) is 0 Å². The smallest absolute Gasteiger partial charge is 0.271 e. The second-order valence-electron chi connectivity index (χ2n) is 10.0. The third-order valence-electron chi connectivity index (χ3n) is 7.58. The molecule has 0 unspecified atom stereocenters. The summed E-state index contributed by atoms with van der Waals surface area (Å²) < 4.78 is 2.04. The molecule has 5 nitrogen and oxygen atoms in total. The summed E-state index contributed by atoms with van der Waals surface area (Å²) in [7, 11) is 0. The van der Waals surface area contributed by atoms with Gasteiger partial charge in [0.05, 0.1) is 6.54 Å². The molecular weight excluding hydrogens is 422 g/mol. The maximum atomic E-state index is 13.9. The van der Waals surface area contributed by atoms with Crippen molar-refractivity contribution in [2.24, 2.45) is 0 Å². The first kappa shape index (κ1) is 22.5. The number of nitrogens with one attached hydrogen (secondary N) is 1. The van der Waals surface area contributed by atoms with Gasteiger partial charge in [-0.05, 0) is 48.9 Å². The molecule has 1 aliphatic heterocycles. The number of rotatable bonds is 6. The van der Waals surface area contributed by atoms with E-state index < -0.39 is 5.54 Å². The van der Waals surface area contributed by atoms with Gasteiger partial charge in [-0.2, -0.15) is 0 Å². The van der Waals surface area contributed by atoms with Crippen LogP contribution in [-0.4, -0.2) is 39.4 Å². The predicted octanol–water partition coefficient (Wildman–Crippen LogP) is 5.23. The van der Waals surface area contributed by atoms with Crippen LogP contribution >= 0.6 is 0 Å². The van der Waals surface area contributed by atoms with E-state index >= 15 is 0 Å². The van der Waals surface area contributed by atoms with Gasteiger partial charge in [-0.15, -0.1) is 0 Å². The van der Waals surface area contributed by atoms with Crippen molar-refractivity contribution in [3.8, 4) is 11.3 Å². The molecular formula is C29H33N3O2. The van der Waals surface area contributed by atoms with Crippen LogP contribution in [0.3, 0.4) is 0 Å². The van der Waals surface area contributed by atoms with Gasteiger partial charge in [0.25, 0.3) is 5.91 Å². The highest BCUT2D eigenvalue weighted by Gasteiger charge is 2.48. The van der Waals surface area contributed by atoms with Gasteiger partial charge in [0, 0.05) is 18.3 Å². The fraction of sp³-hybridized carbons (Fsp3) is 0.379. The van der Waals surface area contributed by atoms with Crippen molar-refractivity contribution >= 4 is 11.8 Å². The van der Waals surface area contributed by atoms with Gasteiger partial charge in [-0.25, -0.2) is 0 Å². The molecule has 1 fully saturated rings. The SMILES string of the molecule is C[C@H](CN1C(=O)c2ccc(-c3ccccc3)n2C[C@@]1(C)C(=O)NC1CCCC1)c1ccccc1. The molecule has 176 valence electrons. The van der Waals surface area contributed by atoms with Gasteiger partial charge in [0.15, 0.2) is 0 Å². The van der Waals surface area contributed by atoms with Gasteiger partial charge in [-0.3, -0.25) is 9.59 Å². The minimum absolute atomic E-state index is 0.0497. The third kappa shape index (κ3) is 4.04. The molecule has 3 aromatic rings. The van der Waals surface area contributed by atoms with E-state index in [0.29, 0.717) is 18.8 Å². The fourth-order valence-corrected chi connectivity index (χ4v) is 5.49. The summed E-state index contributed by atoms with van der Waals surface area (Å²) in [6, 6.07) is 24.4. The minimum atomic E-state index is -0.974. The van der Waals surface area contributed by atoms with Crippen molar-refractivity contribution in [1.29, 1.82) is 0 Å². The van der Waals surface area contributed by atoms with Crippen LogP contribution in [-0.2, 0) is 11.3 Å². The molecule has 0 spiro atoms. The molecule has 2 amide bonds. The summed E-state index contributed by atoms with van der Waals surface area (Å²) in [5, 5.41) is 3.29. The highest BCUT2D eigenvalue weighted by Crippen LogP contribution is 2.35.